The summed E-state index contributed by atoms with van der Waals surface area (Å²) in [4.78, 5) is 20.5. The van der Waals surface area contributed by atoms with Crippen LogP contribution in [0.5, 0.6) is 0 Å². The Morgan fingerprint density at radius 3 is 2.86 bits per heavy atom. The van der Waals surface area contributed by atoms with Gasteiger partial charge in [-0.15, -0.1) is 11.6 Å². The minimum atomic E-state index is -1.30. The summed E-state index contributed by atoms with van der Waals surface area (Å²) < 4.78 is 4.52. The van der Waals surface area contributed by atoms with Crippen molar-refractivity contribution in [2.45, 2.75) is 11.3 Å². The van der Waals surface area contributed by atoms with Crippen LogP contribution in [0.2, 0.25) is 0 Å². The van der Waals surface area contributed by atoms with Crippen LogP contribution in [0, 0.1) is 0 Å². The maximum atomic E-state index is 11.3. The van der Waals surface area contributed by atoms with Gasteiger partial charge in [0.25, 0.3) is 0 Å². The van der Waals surface area contributed by atoms with E-state index in [1.807, 2.05) is 0 Å². The molecule has 5 heteroatoms. The molecule has 76 valence electrons. The summed E-state index contributed by atoms with van der Waals surface area (Å²) >= 11 is 11.7. The zero-order valence-electron chi connectivity index (χ0n) is 7.42. The van der Waals surface area contributed by atoms with E-state index in [0.717, 1.165) is 0 Å². The van der Waals surface area contributed by atoms with Crippen molar-refractivity contribution in [1.29, 1.82) is 0 Å². The largest absolute Gasteiger partial charge is 0.467 e. The summed E-state index contributed by atoms with van der Waals surface area (Å²) in [6, 6.07) is 0. The number of alkyl halides is 1. The maximum absolute atomic E-state index is 11.3. The Kier molecular flexibility index (Phi) is 3.34. The summed E-state index contributed by atoms with van der Waals surface area (Å²) in [5, 5.41) is 0.306. The van der Waals surface area contributed by atoms with Crippen LogP contribution in [-0.4, -0.2) is 24.2 Å². The van der Waals surface area contributed by atoms with Crippen LogP contribution < -0.4 is 0 Å². The third-order valence-electron chi connectivity index (χ3n) is 1.92. The van der Waals surface area contributed by atoms with E-state index in [2.05, 4.69) is 4.74 Å². The lowest BCUT2D eigenvalue weighted by molar-refractivity contribution is -0.142. The normalized spacial score (nSPS) is 26.2. The number of aldehydes is 1. The molecule has 0 fully saturated rings. The first-order valence-electron chi connectivity index (χ1n) is 3.84. The first-order valence-corrected chi connectivity index (χ1v) is 4.59. The van der Waals surface area contributed by atoms with Crippen molar-refractivity contribution in [3.05, 3.63) is 22.8 Å². The Labute approximate surface area is 91.3 Å². The van der Waals surface area contributed by atoms with E-state index in [-0.39, 0.29) is 6.42 Å². The standard InChI is InChI=1S/C9H8Cl2O3/c1-14-8(13)9(11)3-2-7(10)6(4-9)5-12/h2-3,5H,4H2,1H3. The fourth-order valence-electron chi connectivity index (χ4n) is 1.14. The topological polar surface area (TPSA) is 43.4 Å². The molecule has 0 spiro atoms. The monoisotopic (exact) mass is 234 g/mol. The third kappa shape index (κ3) is 1.99. The van der Waals surface area contributed by atoms with Gasteiger partial charge >= 0.3 is 5.97 Å². The molecule has 0 saturated carbocycles. The summed E-state index contributed by atoms with van der Waals surface area (Å²) in [5.74, 6) is -0.598. The van der Waals surface area contributed by atoms with Gasteiger partial charge in [-0.25, -0.2) is 4.79 Å². The molecule has 3 nitrogen and oxygen atoms in total. The average Bonchev–Trinajstić information content (AvgIpc) is 2.20. The number of esters is 1. The Hall–Kier alpha value is -0.800. The van der Waals surface area contributed by atoms with Gasteiger partial charge in [-0.05, 0) is 6.08 Å². The van der Waals surface area contributed by atoms with Crippen LogP contribution in [-0.2, 0) is 14.3 Å². The number of methoxy groups -OCH3 is 1. The third-order valence-corrected chi connectivity index (χ3v) is 2.70. The minimum Gasteiger partial charge on any atom is -0.467 e. The summed E-state index contributed by atoms with van der Waals surface area (Å²) in [7, 11) is 1.24. The van der Waals surface area contributed by atoms with E-state index in [4.69, 9.17) is 23.2 Å². The summed E-state index contributed by atoms with van der Waals surface area (Å²) in [6.07, 6.45) is 3.50. The second kappa shape index (κ2) is 4.15. The van der Waals surface area contributed by atoms with Crippen molar-refractivity contribution in [2.75, 3.05) is 7.11 Å². The number of carbonyl (C=O) groups is 2. The van der Waals surface area contributed by atoms with Crippen LogP contribution in [0.1, 0.15) is 6.42 Å². The Bertz CT molecular complexity index is 333. The van der Waals surface area contributed by atoms with Crippen molar-refractivity contribution in [2.24, 2.45) is 0 Å². The van der Waals surface area contributed by atoms with Gasteiger partial charge in [0.1, 0.15) is 6.29 Å². The molecule has 0 N–H and O–H groups in total. The lowest BCUT2D eigenvalue weighted by Gasteiger charge is -2.23. The van der Waals surface area contributed by atoms with E-state index >= 15 is 0 Å². The molecule has 0 heterocycles. The fraction of sp³-hybridized carbons (Fsp3) is 0.333. The maximum Gasteiger partial charge on any atom is 0.331 e. The molecule has 1 rings (SSSR count). The van der Waals surface area contributed by atoms with Gasteiger partial charge < -0.3 is 4.74 Å². The van der Waals surface area contributed by atoms with Gasteiger partial charge in [-0.2, -0.15) is 0 Å². The number of allylic oxidation sites excluding steroid dienone is 3. The minimum absolute atomic E-state index is 0.0556. The van der Waals surface area contributed by atoms with Gasteiger partial charge in [0, 0.05) is 17.0 Å². The van der Waals surface area contributed by atoms with Crippen LogP contribution in [0.4, 0.5) is 0 Å². The van der Waals surface area contributed by atoms with E-state index in [0.29, 0.717) is 16.9 Å². The first kappa shape index (κ1) is 11.3. The molecule has 0 aromatic heterocycles. The number of halogens is 2. The van der Waals surface area contributed by atoms with Crippen LogP contribution in [0.15, 0.2) is 22.8 Å². The predicted molar refractivity (Wildman–Crippen MR) is 53.3 cm³/mol. The summed E-state index contributed by atoms with van der Waals surface area (Å²) in [6.45, 7) is 0. The lowest BCUT2D eigenvalue weighted by Crippen LogP contribution is -2.33. The highest BCUT2D eigenvalue weighted by Crippen LogP contribution is 2.33. The highest BCUT2D eigenvalue weighted by molar-refractivity contribution is 6.38. The number of hydrogen-bond acceptors (Lipinski definition) is 3. The van der Waals surface area contributed by atoms with Crippen molar-refractivity contribution in [1.82, 2.24) is 0 Å². The van der Waals surface area contributed by atoms with Crippen molar-refractivity contribution >= 4 is 35.5 Å². The smallest absolute Gasteiger partial charge is 0.331 e. The van der Waals surface area contributed by atoms with Gasteiger partial charge in [-0.1, -0.05) is 17.7 Å². The zero-order chi connectivity index (χ0) is 10.8. The Morgan fingerprint density at radius 2 is 2.36 bits per heavy atom. The molecule has 0 amide bonds. The number of ether oxygens (including phenoxy) is 1. The second-order valence-electron chi connectivity index (χ2n) is 2.86. The Morgan fingerprint density at radius 1 is 1.71 bits per heavy atom. The molecule has 0 radical (unpaired) electrons. The number of carbonyl (C=O) groups excluding carboxylic acids is 2. The molecule has 0 aromatic carbocycles. The molecular weight excluding hydrogens is 227 g/mol. The van der Waals surface area contributed by atoms with E-state index in [1.165, 1.54) is 19.3 Å². The highest BCUT2D eigenvalue weighted by atomic mass is 35.5. The van der Waals surface area contributed by atoms with Gasteiger partial charge in [0.2, 0.25) is 0 Å². The molecule has 0 saturated heterocycles. The number of hydrogen-bond donors (Lipinski definition) is 0. The predicted octanol–water partition coefficient (Wildman–Crippen LogP) is 1.79. The van der Waals surface area contributed by atoms with Crippen molar-refractivity contribution < 1.29 is 14.3 Å². The average molecular weight is 235 g/mol. The molecule has 0 bridgehead atoms. The quantitative estimate of drug-likeness (QED) is 0.416. The van der Waals surface area contributed by atoms with Gasteiger partial charge in [-0.3, -0.25) is 4.79 Å². The molecule has 1 aliphatic rings. The molecule has 1 atom stereocenters. The highest BCUT2D eigenvalue weighted by Gasteiger charge is 2.38. The second-order valence-corrected chi connectivity index (χ2v) is 3.94. The van der Waals surface area contributed by atoms with Crippen molar-refractivity contribution in [3.8, 4) is 0 Å². The molecule has 0 aromatic rings. The van der Waals surface area contributed by atoms with E-state index in [9.17, 15) is 9.59 Å². The van der Waals surface area contributed by atoms with Crippen LogP contribution in [0.25, 0.3) is 0 Å². The number of rotatable bonds is 2. The lowest BCUT2D eigenvalue weighted by atomic mass is 9.94. The van der Waals surface area contributed by atoms with Crippen LogP contribution >= 0.6 is 23.2 Å². The molecule has 1 aliphatic carbocycles. The fourth-order valence-corrected chi connectivity index (χ4v) is 1.60. The van der Waals surface area contributed by atoms with E-state index < -0.39 is 10.8 Å². The molecular formula is C9H8Cl2O3. The van der Waals surface area contributed by atoms with E-state index in [1.54, 1.807) is 0 Å². The van der Waals surface area contributed by atoms with Crippen LogP contribution in [0.3, 0.4) is 0 Å². The summed E-state index contributed by atoms with van der Waals surface area (Å²) in [5.41, 5.74) is 0.301. The van der Waals surface area contributed by atoms with Gasteiger partial charge in [0.15, 0.2) is 4.87 Å². The molecule has 14 heavy (non-hydrogen) atoms. The molecule has 0 aliphatic heterocycles. The van der Waals surface area contributed by atoms with Crippen molar-refractivity contribution in [3.63, 3.8) is 0 Å². The zero-order valence-corrected chi connectivity index (χ0v) is 8.93. The first-order chi connectivity index (χ1) is 6.53. The SMILES string of the molecule is COC(=O)C1(Cl)C=CC(Cl)=C(C=O)C1. The van der Waals surface area contributed by atoms with Gasteiger partial charge in [0.05, 0.1) is 7.11 Å². The Balaban J connectivity index is 2.97. The molecule has 1 unspecified atom stereocenters.